The Balaban J connectivity index is 0.000000728. The molecule has 3 rings (SSSR count). The molecule has 0 saturated carbocycles. The molecule has 0 fully saturated rings. The average molecular weight is 315 g/mol. The second kappa shape index (κ2) is 11.3. The Morgan fingerprint density at radius 2 is 1.22 bits per heavy atom. The summed E-state index contributed by atoms with van der Waals surface area (Å²) in [5, 5.41) is 0. The van der Waals surface area contributed by atoms with Crippen LogP contribution in [0.2, 0.25) is 0 Å². The molecule has 2 aromatic rings. The Morgan fingerprint density at radius 3 is 1.78 bits per heavy atom. The third-order valence-corrected chi connectivity index (χ3v) is 3.21. The van der Waals surface area contributed by atoms with Crippen molar-refractivity contribution in [2.45, 2.75) is 5.92 Å². The topological polar surface area (TPSA) is 130 Å². The molecule has 0 heterocycles. The molecular weight excluding hydrogens is 286 g/mol. The fourth-order valence-corrected chi connectivity index (χ4v) is 2.31. The highest BCUT2D eigenvalue weighted by molar-refractivity contribution is 5.68. The van der Waals surface area contributed by atoms with Crippen LogP contribution in [0.5, 0.6) is 0 Å². The highest BCUT2D eigenvalue weighted by Gasteiger charge is 2.18. The molecule has 23 heavy (non-hydrogen) atoms. The zero-order valence-corrected chi connectivity index (χ0v) is 14.2. The van der Waals surface area contributed by atoms with Crippen LogP contribution in [0, 0.1) is 0 Å². The molecule has 0 aromatic heterocycles. The van der Waals surface area contributed by atoms with Gasteiger partial charge in [0.05, 0.1) is 0 Å². The van der Waals surface area contributed by atoms with Crippen LogP contribution in [-0.2, 0) is 0 Å². The summed E-state index contributed by atoms with van der Waals surface area (Å²) in [4.78, 5) is 0. The van der Waals surface area contributed by atoms with E-state index in [1.54, 1.807) is 0 Å². The minimum absolute atomic E-state index is 0.300. The Labute approximate surface area is 139 Å². The first-order valence-corrected chi connectivity index (χ1v) is 7.40. The van der Waals surface area contributed by atoms with Crippen molar-refractivity contribution in [3.63, 3.8) is 0 Å². The second-order valence-corrected chi connectivity index (χ2v) is 4.39. The molecule has 0 saturated heterocycles. The van der Waals surface area contributed by atoms with Crippen molar-refractivity contribution in [3.8, 4) is 0 Å². The first kappa shape index (κ1) is 20.7. The van der Waals surface area contributed by atoms with Crippen molar-refractivity contribution in [1.29, 1.82) is 0 Å². The molecule has 1 atom stereocenters. The normalized spacial score (nSPS) is 13.4. The van der Waals surface area contributed by atoms with Crippen LogP contribution in [0.1, 0.15) is 22.6 Å². The summed E-state index contributed by atoms with van der Waals surface area (Å²) < 4.78 is 0. The van der Waals surface area contributed by atoms with Crippen molar-refractivity contribution in [2.75, 3.05) is 32.6 Å². The average Bonchev–Trinajstić information content (AvgIpc) is 3.04. The molecule has 0 radical (unpaired) electrons. The van der Waals surface area contributed by atoms with Crippen molar-refractivity contribution in [3.05, 3.63) is 65.2 Å². The van der Waals surface area contributed by atoms with E-state index in [0.717, 1.165) is 11.4 Å². The lowest BCUT2D eigenvalue weighted by Gasteiger charge is -2.12. The van der Waals surface area contributed by atoms with Gasteiger partial charge >= 0.3 is 0 Å². The SMILES string of the molecule is CN.CN.CN.Nc1ccc(C2C=Cc3ccc(N)cc32)cc1. The van der Waals surface area contributed by atoms with Crippen LogP contribution >= 0.6 is 0 Å². The van der Waals surface area contributed by atoms with Gasteiger partial charge in [-0.3, -0.25) is 0 Å². The van der Waals surface area contributed by atoms with Gasteiger partial charge in [0.25, 0.3) is 0 Å². The molecular formula is C18H29N5. The zero-order valence-electron chi connectivity index (χ0n) is 14.2. The van der Waals surface area contributed by atoms with Gasteiger partial charge in [-0.2, -0.15) is 0 Å². The van der Waals surface area contributed by atoms with E-state index >= 15 is 0 Å². The van der Waals surface area contributed by atoms with E-state index in [1.165, 1.54) is 37.8 Å². The molecule has 5 heteroatoms. The number of fused-ring (bicyclic) bond motifs is 1. The zero-order chi connectivity index (χ0) is 17.8. The van der Waals surface area contributed by atoms with Gasteiger partial charge in [-0.15, -0.1) is 0 Å². The van der Waals surface area contributed by atoms with Crippen LogP contribution < -0.4 is 28.7 Å². The molecule has 0 bridgehead atoms. The van der Waals surface area contributed by atoms with E-state index in [9.17, 15) is 0 Å². The number of hydrogen-bond acceptors (Lipinski definition) is 5. The smallest absolute Gasteiger partial charge is 0.0317 e. The maximum atomic E-state index is 5.85. The van der Waals surface area contributed by atoms with Gasteiger partial charge in [0.15, 0.2) is 0 Å². The minimum atomic E-state index is 0.300. The summed E-state index contributed by atoms with van der Waals surface area (Å²) in [6.07, 6.45) is 4.35. The van der Waals surface area contributed by atoms with E-state index < -0.39 is 0 Å². The number of rotatable bonds is 1. The van der Waals surface area contributed by atoms with Gasteiger partial charge < -0.3 is 28.7 Å². The van der Waals surface area contributed by atoms with Crippen LogP contribution in [-0.4, -0.2) is 21.1 Å². The Hall–Kier alpha value is -2.34. The largest absolute Gasteiger partial charge is 0.399 e. The van der Waals surface area contributed by atoms with Gasteiger partial charge in [0.2, 0.25) is 0 Å². The predicted octanol–water partition coefficient (Wildman–Crippen LogP) is 1.73. The third kappa shape index (κ3) is 5.41. The molecule has 0 amide bonds. The van der Waals surface area contributed by atoms with Crippen molar-refractivity contribution in [1.82, 2.24) is 0 Å². The maximum absolute atomic E-state index is 5.85. The van der Waals surface area contributed by atoms with Crippen molar-refractivity contribution in [2.24, 2.45) is 17.2 Å². The van der Waals surface area contributed by atoms with Gasteiger partial charge in [-0.05, 0) is 62.1 Å². The second-order valence-electron chi connectivity index (χ2n) is 4.39. The lowest BCUT2D eigenvalue weighted by atomic mass is 9.93. The van der Waals surface area contributed by atoms with Gasteiger partial charge in [0.1, 0.15) is 0 Å². The fraction of sp³-hybridized carbons (Fsp3) is 0.222. The van der Waals surface area contributed by atoms with Crippen LogP contribution in [0.15, 0.2) is 48.5 Å². The van der Waals surface area contributed by atoms with E-state index in [4.69, 9.17) is 11.5 Å². The predicted molar refractivity (Wildman–Crippen MR) is 103 cm³/mol. The lowest BCUT2D eigenvalue weighted by molar-refractivity contribution is 1.05. The van der Waals surface area contributed by atoms with E-state index in [1.807, 2.05) is 18.2 Å². The fourth-order valence-electron chi connectivity index (χ4n) is 2.31. The summed E-state index contributed by atoms with van der Waals surface area (Å²) >= 11 is 0. The molecule has 10 N–H and O–H groups in total. The first-order chi connectivity index (χ1) is 11.2. The van der Waals surface area contributed by atoms with Crippen LogP contribution in [0.3, 0.4) is 0 Å². The first-order valence-electron chi connectivity index (χ1n) is 7.40. The van der Waals surface area contributed by atoms with Crippen molar-refractivity contribution < 1.29 is 0 Å². The molecule has 126 valence electrons. The monoisotopic (exact) mass is 315 g/mol. The van der Waals surface area contributed by atoms with Crippen molar-refractivity contribution >= 4 is 17.5 Å². The maximum Gasteiger partial charge on any atom is 0.0317 e. The van der Waals surface area contributed by atoms with Crippen LogP contribution in [0.25, 0.3) is 6.08 Å². The number of hydrogen-bond donors (Lipinski definition) is 5. The number of nitrogens with two attached hydrogens (primary N) is 5. The molecule has 2 aromatic carbocycles. The van der Waals surface area contributed by atoms with E-state index in [-0.39, 0.29) is 0 Å². The summed E-state index contributed by atoms with van der Waals surface area (Å²) in [5.41, 5.74) is 30.4. The summed E-state index contributed by atoms with van der Waals surface area (Å²) in [7, 11) is 4.50. The quantitative estimate of drug-likeness (QED) is 0.512. The Morgan fingerprint density at radius 1 is 0.696 bits per heavy atom. The summed E-state index contributed by atoms with van der Waals surface area (Å²) in [6.45, 7) is 0. The van der Waals surface area contributed by atoms with Gasteiger partial charge in [-0.25, -0.2) is 0 Å². The van der Waals surface area contributed by atoms with E-state index in [2.05, 4.69) is 53.6 Å². The molecule has 0 spiro atoms. The number of allylic oxidation sites excluding steroid dienone is 1. The molecule has 1 unspecified atom stereocenters. The highest BCUT2D eigenvalue weighted by Crippen LogP contribution is 2.36. The number of benzene rings is 2. The summed E-state index contributed by atoms with van der Waals surface area (Å²) in [5.74, 6) is 0.300. The molecule has 1 aliphatic carbocycles. The Bertz CT molecular complexity index is 591. The summed E-state index contributed by atoms with van der Waals surface area (Å²) in [6, 6.07) is 14.1. The molecule has 5 nitrogen and oxygen atoms in total. The Kier molecular flexibility index (Phi) is 10.1. The van der Waals surface area contributed by atoms with Gasteiger partial charge in [-0.1, -0.05) is 30.4 Å². The van der Waals surface area contributed by atoms with E-state index in [0.29, 0.717) is 5.92 Å². The molecule has 1 aliphatic rings. The van der Waals surface area contributed by atoms with Gasteiger partial charge in [0, 0.05) is 17.3 Å². The highest BCUT2D eigenvalue weighted by atomic mass is 14.5. The molecule has 0 aliphatic heterocycles. The lowest BCUT2D eigenvalue weighted by Crippen LogP contribution is -1.97. The standard InChI is InChI=1S/C15H14N2.3CH5N/c16-12-5-1-10(2-6-12)14-8-4-11-3-7-13(17)9-15(11)14;3*1-2/h1-9,14H,16-17H2;3*2H2,1H3. The van der Waals surface area contributed by atoms with Crippen LogP contribution in [0.4, 0.5) is 11.4 Å². The minimum Gasteiger partial charge on any atom is -0.399 e. The number of nitrogen functional groups attached to an aromatic ring is 2. The number of anilines is 2. The third-order valence-electron chi connectivity index (χ3n) is 3.21.